The van der Waals surface area contributed by atoms with Gasteiger partial charge in [0.15, 0.2) is 11.5 Å². The van der Waals surface area contributed by atoms with Crippen LogP contribution in [0.2, 0.25) is 0 Å². The second kappa shape index (κ2) is 7.19. The molecule has 27 heavy (non-hydrogen) atoms. The molecule has 0 unspecified atom stereocenters. The fourth-order valence-corrected chi connectivity index (χ4v) is 3.50. The molecule has 2 aliphatic rings. The summed E-state index contributed by atoms with van der Waals surface area (Å²) in [5, 5.41) is 2.86. The van der Waals surface area contributed by atoms with E-state index in [1.807, 2.05) is 48.5 Å². The van der Waals surface area contributed by atoms with Crippen LogP contribution in [0.25, 0.3) is 0 Å². The highest BCUT2D eigenvalue weighted by atomic mass is 16.6. The molecule has 3 N–H and O–H groups in total. The van der Waals surface area contributed by atoms with E-state index in [1.165, 1.54) is 0 Å². The van der Waals surface area contributed by atoms with Gasteiger partial charge in [0.1, 0.15) is 18.8 Å². The number of para-hydroxylation sites is 3. The number of amides is 2. The fourth-order valence-electron chi connectivity index (χ4n) is 3.50. The molecule has 2 aliphatic heterocycles. The second-order valence-corrected chi connectivity index (χ2v) is 6.68. The van der Waals surface area contributed by atoms with Gasteiger partial charge < -0.3 is 25.4 Å². The number of anilines is 1. The molecule has 2 heterocycles. The highest BCUT2D eigenvalue weighted by Crippen LogP contribution is 2.32. The molecule has 4 rings (SSSR count). The molecule has 140 valence electrons. The van der Waals surface area contributed by atoms with Gasteiger partial charge in [-0.05, 0) is 23.8 Å². The summed E-state index contributed by atoms with van der Waals surface area (Å²) in [5.41, 5.74) is 7.43. The maximum Gasteiger partial charge on any atom is 0.240 e. The first kappa shape index (κ1) is 17.2. The molecular weight excluding hydrogens is 346 g/mol. The first-order valence-corrected chi connectivity index (χ1v) is 8.91. The Labute approximate surface area is 157 Å². The van der Waals surface area contributed by atoms with Gasteiger partial charge in [0, 0.05) is 12.1 Å². The van der Waals surface area contributed by atoms with Gasteiger partial charge in [-0.25, -0.2) is 0 Å². The zero-order valence-corrected chi connectivity index (χ0v) is 14.8. The van der Waals surface area contributed by atoms with Crippen LogP contribution >= 0.6 is 0 Å². The predicted octanol–water partition coefficient (Wildman–Crippen LogP) is 0.859. The fraction of sp³-hybridized carbons (Fsp3) is 0.300. The Kier molecular flexibility index (Phi) is 4.58. The van der Waals surface area contributed by atoms with Crippen molar-refractivity contribution < 1.29 is 19.1 Å². The maximum absolute atomic E-state index is 12.5. The Morgan fingerprint density at radius 3 is 2.67 bits per heavy atom. The van der Waals surface area contributed by atoms with Crippen molar-refractivity contribution >= 4 is 17.5 Å². The number of benzene rings is 2. The van der Waals surface area contributed by atoms with Crippen molar-refractivity contribution in [2.75, 3.05) is 24.6 Å². The van der Waals surface area contributed by atoms with Gasteiger partial charge in [0.25, 0.3) is 0 Å². The third-order valence-corrected chi connectivity index (χ3v) is 4.83. The number of carbonyl (C=O) groups is 2. The van der Waals surface area contributed by atoms with Crippen LogP contribution in [-0.2, 0) is 16.0 Å². The average Bonchev–Trinajstić information content (AvgIpc) is 3.05. The Balaban J connectivity index is 1.36. The van der Waals surface area contributed by atoms with Crippen molar-refractivity contribution in [3.8, 4) is 11.5 Å². The molecule has 0 bridgehead atoms. The van der Waals surface area contributed by atoms with Crippen molar-refractivity contribution in [3.63, 3.8) is 0 Å². The summed E-state index contributed by atoms with van der Waals surface area (Å²) in [6, 6.07) is 14.6. The van der Waals surface area contributed by atoms with E-state index < -0.39 is 11.9 Å². The summed E-state index contributed by atoms with van der Waals surface area (Å²) >= 11 is 0. The summed E-state index contributed by atoms with van der Waals surface area (Å²) < 4.78 is 11.5. The summed E-state index contributed by atoms with van der Waals surface area (Å²) in [4.78, 5) is 26.0. The lowest BCUT2D eigenvalue weighted by Gasteiger charge is -2.28. The Hall–Kier alpha value is -3.22. The van der Waals surface area contributed by atoms with Gasteiger partial charge in [-0.15, -0.1) is 0 Å². The standard InChI is InChI=1S/C20H21N3O4/c21-20(25)16-9-13-5-1-2-6-15(13)23(16)11-19(24)22-10-14-12-26-17-7-3-4-8-18(17)27-14/h1-8,14,16H,9-12H2,(H2,21,25)(H,22,24)/t14-,16+/m1/s1. The van der Waals surface area contributed by atoms with Crippen molar-refractivity contribution in [2.45, 2.75) is 18.6 Å². The number of nitrogens with one attached hydrogen (secondary N) is 1. The molecule has 7 nitrogen and oxygen atoms in total. The Bertz CT molecular complexity index is 870. The smallest absolute Gasteiger partial charge is 0.240 e. The summed E-state index contributed by atoms with van der Waals surface area (Å²) in [7, 11) is 0. The molecule has 0 aliphatic carbocycles. The monoisotopic (exact) mass is 367 g/mol. The highest BCUT2D eigenvalue weighted by Gasteiger charge is 2.34. The van der Waals surface area contributed by atoms with Crippen molar-refractivity contribution in [2.24, 2.45) is 5.73 Å². The Morgan fingerprint density at radius 2 is 1.85 bits per heavy atom. The van der Waals surface area contributed by atoms with Crippen LogP contribution in [0.5, 0.6) is 11.5 Å². The first-order valence-electron chi connectivity index (χ1n) is 8.91. The van der Waals surface area contributed by atoms with Gasteiger partial charge in [-0.2, -0.15) is 0 Å². The van der Waals surface area contributed by atoms with Gasteiger partial charge >= 0.3 is 0 Å². The molecule has 0 fully saturated rings. The second-order valence-electron chi connectivity index (χ2n) is 6.68. The predicted molar refractivity (Wildman–Crippen MR) is 99.8 cm³/mol. The van der Waals surface area contributed by atoms with Crippen LogP contribution in [0.15, 0.2) is 48.5 Å². The Morgan fingerprint density at radius 1 is 1.11 bits per heavy atom. The zero-order valence-electron chi connectivity index (χ0n) is 14.8. The molecule has 0 spiro atoms. The molecule has 7 heteroatoms. The van der Waals surface area contributed by atoms with E-state index in [2.05, 4.69) is 5.32 Å². The minimum Gasteiger partial charge on any atom is -0.486 e. The van der Waals surface area contributed by atoms with Gasteiger partial charge in [0.2, 0.25) is 11.8 Å². The van der Waals surface area contributed by atoms with E-state index in [1.54, 1.807) is 4.90 Å². The number of primary amides is 1. The van der Waals surface area contributed by atoms with Gasteiger partial charge in [-0.3, -0.25) is 9.59 Å². The molecule has 0 aromatic heterocycles. The van der Waals surface area contributed by atoms with Crippen molar-refractivity contribution in [1.29, 1.82) is 0 Å². The third-order valence-electron chi connectivity index (χ3n) is 4.83. The number of carbonyl (C=O) groups excluding carboxylic acids is 2. The lowest BCUT2D eigenvalue weighted by Crippen LogP contribution is -2.49. The largest absolute Gasteiger partial charge is 0.486 e. The summed E-state index contributed by atoms with van der Waals surface area (Å²) in [5.74, 6) is 0.753. The topological polar surface area (TPSA) is 93.9 Å². The number of hydrogen-bond acceptors (Lipinski definition) is 5. The van der Waals surface area contributed by atoms with E-state index >= 15 is 0 Å². The van der Waals surface area contributed by atoms with E-state index in [0.717, 1.165) is 11.3 Å². The van der Waals surface area contributed by atoms with Crippen LogP contribution < -0.4 is 25.4 Å². The number of nitrogens with two attached hydrogens (primary N) is 1. The average molecular weight is 367 g/mol. The van der Waals surface area contributed by atoms with Crippen LogP contribution in [-0.4, -0.2) is 43.7 Å². The molecule has 0 radical (unpaired) electrons. The maximum atomic E-state index is 12.5. The van der Waals surface area contributed by atoms with Crippen molar-refractivity contribution in [3.05, 3.63) is 54.1 Å². The number of hydrogen-bond donors (Lipinski definition) is 2. The van der Waals surface area contributed by atoms with Crippen molar-refractivity contribution in [1.82, 2.24) is 5.32 Å². The van der Waals surface area contributed by atoms with Crippen LogP contribution in [0.3, 0.4) is 0 Å². The molecular formula is C20H21N3O4. The van der Waals surface area contributed by atoms with Crippen LogP contribution in [0.1, 0.15) is 5.56 Å². The lowest BCUT2D eigenvalue weighted by molar-refractivity contribution is -0.121. The first-order chi connectivity index (χ1) is 13.1. The highest BCUT2D eigenvalue weighted by molar-refractivity contribution is 5.90. The van der Waals surface area contributed by atoms with Gasteiger partial charge in [0.05, 0.1) is 13.1 Å². The van der Waals surface area contributed by atoms with E-state index in [4.69, 9.17) is 15.2 Å². The van der Waals surface area contributed by atoms with Crippen LogP contribution in [0, 0.1) is 0 Å². The van der Waals surface area contributed by atoms with E-state index in [9.17, 15) is 9.59 Å². The molecule has 2 aromatic rings. The number of fused-ring (bicyclic) bond motifs is 2. The van der Waals surface area contributed by atoms with Crippen LogP contribution in [0.4, 0.5) is 5.69 Å². The molecule has 2 atom stereocenters. The quantitative estimate of drug-likeness (QED) is 0.818. The summed E-state index contributed by atoms with van der Waals surface area (Å²) in [6.45, 7) is 0.756. The molecule has 2 aromatic carbocycles. The zero-order chi connectivity index (χ0) is 18.8. The minimum absolute atomic E-state index is 0.0643. The molecule has 2 amide bonds. The number of ether oxygens (including phenoxy) is 2. The molecule has 0 saturated heterocycles. The van der Waals surface area contributed by atoms with E-state index in [-0.39, 0.29) is 18.6 Å². The normalized spacial score (nSPS) is 20.1. The number of rotatable bonds is 5. The molecule has 0 saturated carbocycles. The number of nitrogens with zero attached hydrogens (tertiary/aromatic N) is 1. The SMILES string of the molecule is NC(=O)[C@@H]1Cc2ccccc2N1CC(=O)NC[C@@H]1COc2ccccc2O1. The lowest BCUT2D eigenvalue weighted by atomic mass is 10.1. The minimum atomic E-state index is -0.505. The van der Waals surface area contributed by atoms with E-state index in [0.29, 0.717) is 31.1 Å². The van der Waals surface area contributed by atoms with Gasteiger partial charge in [-0.1, -0.05) is 30.3 Å². The summed E-state index contributed by atoms with van der Waals surface area (Å²) in [6.07, 6.45) is 0.261. The third kappa shape index (κ3) is 3.53.